The van der Waals surface area contributed by atoms with Crippen LogP contribution >= 0.6 is 11.8 Å². The standard InChI is InChI=1S/C25H26FN3O3S/c1-32-25(31)23(11-14-33-2)28-24(30)20-5-3-18(4-6-20)15-21(16-29-13-12-27-17-29)19-7-9-22(26)10-8-19/h3-10,12-13,15,17,23H,11,14,16H2,1-2H3,(H,28,30)/b21-15-/t23-/m0/s1. The quantitative estimate of drug-likeness (QED) is 0.356. The van der Waals surface area contributed by atoms with Gasteiger partial charge in [-0.2, -0.15) is 11.8 Å². The number of hydrogen-bond acceptors (Lipinski definition) is 5. The molecule has 0 aliphatic rings. The summed E-state index contributed by atoms with van der Waals surface area (Å²) in [7, 11) is 1.31. The molecule has 8 heteroatoms. The van der Waals surface area contributed by atoms with Crippen molar-refractivity contribution < 1.29 is 18.7 Å². The second kappa shape index (κ2) is 12.0. The summed E-state index contributed by atoms with van der Waals surface area (Å²) >= 11 is 1.60. The van der Waals surface area contributed by atoms with Gasteiger partial charge >= 0.3 is 5.97 Å². The van der Waals surface area contributed by atoms with Gasteiger partial charge in [0.1, 0.15) is 11.9 Å². The number of imidazole rings is 1. The summed E-state index contributed by atoms with van der Waals surface area (Å²) < 4.78 is 20.1. The van der Waals surface area contributed by atoms with Crippen molar-refractivity contribution in [2.45, 2.75) is 19.0 Å². The van der Waals surface area contributed by atoms with E-state index in [1.165, 1.54) is 19.2 Å². The van der Waals surface area contributed by atoms with E-state index in [1.807, 2.05) is 35.2 Å². The minimum Gasteiger partial charge on any atom is -0.467 e. The number of nitrogens with zero attached hydrogens (tertiary/aromatic N) is 2. The number of aromatic nitrogens is 2. The number of hydrogen-bond donors (Lipinski definition) is 1. The van der Waals surface area contributed by atoms with Crippen molar-refractivity contribution in [1.82, 2.24) is 14.9 Å². The first-order chi connectivity index (χ1) is 16.0. The number of halogens is 1. The van der Waals surface area contributed by atoms with Crippen LogP contribution in [0.5, 0.6) is 0 Å². The SMILES string of the molecule is COC(=O)[C@H](CCSC)NC(=O)c1ccc(/C=C(/Cn2ccnc2)c2ccc(F)cc2)cc1. The second-order valence-electron chi connectivity index (χ2n) is 7.36. The van der Waals surface area contributed by atoms with Gasteiger partial charge in [-0.3, -0.25) is 4.79 Å². The van der Waals surface area contributed by atoms with E-state index >= 15 is 0 Å². The predicted octanol–water partition coefficient (Wildman–Crippen LogP) is 4.29. The van der Waals surface area contributed by atoms with Crippen molar-refractivity contribution >= 4 is 35.3 Å². The first-order valence-electron chi connectivity index (χ1n) is 10.4. The predicted molar refractivity (Wildman–Crippen MR) is 129 cm³/mol. The summed E-state index contributed by atoms with van der Waals surface area (Å²) in [6.07, 6.45) is 9.71. The molecule has 0 spiro atoms. The number of ether oxygens (including phenoxy) is 1. The van der Waals surface area contributed by atoms with E-state index in [1.54, 1.807) is 48.6 Å². The molecule has 0 radical (unpaired) electrons. The van der Waals surface area contributed by atoms with Crippen LogP contribution in [0, 0.1) is 5.82 Å². The maximum absolute atomic E-state index is 13.4. The third kappa shape index (κ3) is 7.05. The molecule has 0 unspecified atom stereocenters. The first-order valence-corrected chi connectivity index (χ1v) is 11.8. The number of amides is 1. The van der Waals surface area contributed by atoms with Gasteiger partial charge in [0.05, 0.1) is 13.4 Å². The van der Waals surface area contributed by atoms with Gasteiger partial charge in [-0.05, 0) is 65.5 Å². The van der Waals surface area contributed by atoms with E-state index in [4.69, 9.17) is 4.74 Å². The number of nitrogens with one attached hydrogen (secondary N) is 1. The molecule has 0 saturated heterocycles. The van der Waals surface area contributed by atoms with Gasteiger partial charge in [-0.25, -0.2) is 14.2 Å². The van der Waals surface area contributed by atoms with Gasteiger partial charge in [0.15, 0.2) is 0 Å². The largest absolute Gasteiger partial charge is 0.467 e. The lowest BCUT2D eigenvalue weighted by atomic mass is 10.0. The number of esters is 1. The number of carbonyl (C=O) groups excluding carboxylic acids is 2. The lowest BCUT2D eigenvalue weighted by Gasteiger charge is -2.16. The van der Waals surface area contributed by atoms with Crippen molar-refractivity contribution in [3.05, 3.63) is 89.8 Å². The van der Waals surface area contributed by atoms with Crippen molar-refractivity contribution in [2.24, 2.45) is 0 Å². The Morgan fingerprint density at radius 3 is 2.45 bits per heavy atom. The van der Waals surface area contributed by atoms with Crippen LogP contribution in [0.15, 0.2) is 67.3 Å². The molecule has 0 fully saturated rings. The van der Waals surface area contributed by atoms with Gasteiger partial charge in [0, 0.05) is 24.5 Å². The number of allylic oxidation sites excluding steroid dienone is 1. The average molecular weight is 468 g/mol. The molecule has 3 rings (SSSR count). The molecule has 0 saturated carbocycles. The maximum atomic E-state index is 13.4. The number of carbonyl (C=O) groups is 2. The second-order valence-corrected chi connectivity index (χ2v) is 8.35. The third-order valence-corrected chi connectivity index (χ3v) is 5.69. The Hall–Kier alpha value is -3.39. The van der Waals surface area contributed by atoms with E-state index in [9.17, 15) is 14.0 Å². The van der Waals surface area contributed by atoms with Crippen LogP contribution in [0.4, 0.5) is 4.39 Å². The average Bonchev–Trinajstić information content (AvgIpc) is 3.35. The molecule has 172 valence electrons. The molecule has 2 aromatic carbocycles. The summed E-state index contributed by atoms with van der Waals surface area (Å²) in [5.41, 5.74) is 3.19. The van der Waals surface area contributed by atoms with Crippen LogP contribution in [-0.2, 0) is 16.1 Å². The summed E-state index contributed by atoms with van der Waals surface area (Å²) in [6, 6.07) is 12.7. The Morgan fingerprint density at radius 1 is 1.15 bits per heavy atom. The molecular formula is C25H26FN3O3S. The fourth-order valence-corrected chi connectivity index (χ4v) is 3.73. The fraction of sp³-hybridized carbons (Fsp3) is 0.240. The molecule has 33 heavy (non-hydrogen) atoms. The van der Waals surface area contributed by atoms with E-state index < -0.39 is 12.0 Å². The molecule has 0 aliphatic heterocycles. The van der Waals surface area contributed by atoms with Gasteiger partial charge in [-0.1, -0.05) is 24.3 Å². The van der Waals surface area contributed by atoms with Crippen LogP contribution in [0.2, 0.25) is 0 Å². The number of methoxy groups -OCH3 is 1. The maximum Gasteiger partial charge on any atom is 0.328 e. The van der Waals surface area contributed by atoms with E-state index in [-0.39, 0.29) is 11.7 Å². The smallest absolute Gasteiger partial charge is 0.328 e. The van der Waals surface area contributed by atoms with E-state index in [0.29, 0.717) is 18.5 Å². The topological polar surface area (TPSA) is 73.2 Å². The van der Waals surface area contributed by atoms with Crippen LogP contribution in [0.1, 0.15) is 27.9 Å². The van der Waals surface area contributed by atoms with Crippen LogP contribution in [0.3, 0.4) is 0 Å². The van der Waals surface area contributed by atoms with Gasteiger partial charge < -0.3 is 14.6 Å². The monoisotopic (exact) mass is 467 g/mol. The molecule has 1 amide bonds. The highest BCUT2D eigenvalue weighted by atomic mass is 32.2. The Kier molecular flexibility index (Phi) is 8.83. The van der Waals surface area contributed by atoms with E-state index in [2.05, 4.69) is 10.3 Å². The highest BCUT2D eigenvalue weighted by molar-refractivity contribution is 7.98. The van der Waals surface area contributed by atoms with E-state index in [0.717, 1.165) is 22.5 Å². The van der Waals surface area contributed by atoms with Crippen molar-refractivity contribution in [1.29, 1.82) is 0 Å². The van der Waals surface area contributed by atoms with Gasteiger partial charge in [0.25, 0.3) is 5.91 Å². The Morgan fingerprint density at radius 2 is 1.85 bits per heavy atom. The molecule has 1 atom stereocenters. The number of rotatable bonds is 10. The zero-order valence-corrected chi connectivity index (χ0v) is 19.3. The fourth-order valence-electron chi connectivity index (χ4n) is 3.26. The lowest BCUT2D eigenvalue weighted by molar-refractivity contribution is -0.142. The minimum atomic E-state index is -0.685. The molecule has 1 aromatic heterocycles. The molecule has 3 aromatic rings. The summed E-state index contributed by atoms with van der Waals surface area (Å²) in [6.45, 7) is 0.560. The van der Waals surface area contributed by atoms with Crippen LogP contribution < -0.4 is 5.32 Å². The number of thioether (sulfide) groups is 1. The summed E-state index contributed by atoms with van der Waals surface area (Å²) in [4.78, 5) is 28.7. The molecular weight excluding hydrogens is 441 g/mol. The molecule has 6 nitrogen and oxygen atoms in total. The molecule has 1 heterocycles. The zero-order valence-electron chi connectivity index (χ0n) is 18.5. The third-order valence-electron chi connectivity index (χ3n) is 5.04. The summed E-state index contributed by atoms with van der Waals surface area (Å²) in [5.74, 6) is -0.356. The van der Waals surface area contributed by atoms with Gasteiger partial charge in [-0.15, -0.1) is 0 Å². The Bertz CT molecular complexity index is 1080. The molecule has 0 bridgehead atoms. The van der Waals surface area contributed by atoms with Crippen LogP contribution in [-0.4, -0.2) is 46.6 Å². The normalized spacial score (nSPS) is 12.3. The molecule has 1 N–H and O–H groups in total. The minimum absolute atomic E-state index is 0.293. The summed E-state index contributed by atoms with van der Waals surface area (Å²) in [5, 5.41) is 2.75. The van der Waals surface area contributed by atoms with Crippen molar-refractivity contribution in [2.75, 3.05) is 19.1 Å². The highest BCUT2D eigenvalue weighted by Crippen LogP contribution is 2.21. The molecule has 0 aliphatic carbocycles. The first kappa shape index (κ1) is 24.3. The zero-order chi connectivity index (χ0) is 23.6. The highest BCUT2D eigenvalue weighted by Gasteiger charge is 2.21. The Labute approximate surface area is 196 Å². The Balaban J connectivity index is 1.78. The van der Waals surface area contributed by atoms with Crippen molar-refractivity contribution in [3.63, 3.8) is 0 Å². The van der Waals surface area contributed by atoms with Crippen molar-refractivity contribution in [3.8, 4) is 0 Å². The van der Waals surface area contributed by atoms with Crippen LogP contribution in [0.25, 0.3) is 11.6 Å². The van der Waals surface area contributed by atoms with Gasteiger partial charge in [0.2, 0.25) is 0 Å². The lowest BCUT2D eigenvalue weighted by Crippen LogP contribution is -2.41. The number of benzene rings is 2.